The van der Waals surface area contributed by atoms with Gasteiger partial charge in [0.1, 0.15) is 0 Å². The number of nitrogens with zero attached hydrogens (tertiary/aromatic N) is 3. The Labute approximate surface area is 245 Å². The molecule has 8 rings (SSSR count). The minimum absolute atomic E-state index is 0.0842. The minimum atomic E-state index is -0.0842. The first-order valence-corrected chi connectivity index (χ1v) is 14.4. The molecule has 42 heavy (non-hydrogen) atoms. The van der Waals surface area contributed by atoms with Crippen LogP contribution in [-0.4, -0.2) is 9.97 Å². The predicted molar refractivity (Wildman–Crippen MR) is 175 cm³/mol. The molecule has 1 aliphatic heterocycles. The standard InChI is InChI=1S/C39H29N3/c1-39(2)32-16-8-10-18-34(32)42(35-19-11-9-17-33(35)39)29-23-20-28(21-24-29)38-40-36(27-13-4-3-5-14-27)31-25-22-26-12-6-7-15-30(26)37(31)41-38/h3-25H,1-2H3. The van der Waals surface area contributed by atoms with Crippen molar-refractivity contribution >= 4 is 38.7 Å². The van der Waals surface area contributed by atoms with Crippen LogP contribution in [0.4, 0.5) is 17.1 Å². The topological polar surface area (TPSA) is 29.0 Å². The van der Waals surface area contributed by atoms with Gasteiger partial charge >= 0.3 is 0 Å². The van der Waals surface area contributed by atoms with Crippen LogP contribution in [0.2, 0.25) is 0 Å². The van der Waals surface area contributed by atoms with Crippen LogP contribution in [0, 0.1) is 0 Å². The zero-order chi connectivity index (χ0) is 28.3. The summed E-state index contributed by atoms with van der Waals surface area (Å²) in [7, 11) is 0. The highest BCUT2D eigenvalue weighted by Gasteiger charge is 2.36. The van der Waals surface area contributed by atoms with E-state index in [0.29, 0.717) is 0 Å². The average Bonchev–Trinajstić information content (AvgIpc) is 3.05. The molecule has 3 nitrogen and oxygen atoms in total. The number of benzene rings is 6. The van der Waals surface area contributed by atoms with Crippen molar-refractivity contribution in [3.05, 3.63) is 151 Å². The number of para-hydroxylation sites is 2. The quantitative estimate of drug-likeness (QED) is 0.209. The molecule has 0 fully saturated rings. The Morgan fingerprint density at radius 3 is 1.83 bits per heavy atom. The van der Waals surface area contributed by atoms with Gasteiger partial charge in [0.05, 0.1) is 22.6 Å². The van der Waals surface area contributed by atoms with Gasteiger partial charge in [-0.05, 0) is 59.0 Å². The molecule has 1 aromatic heterocycles. The van der Waals surface area contributed by atoms with Gasteiger partial charge in [0.25, 0.3) is 0 Å². The highest BCUT2D eigenvalue weighted by Crippen LogP contribution is 2.51. The summed E-state index contributed by atoms with van der Waals surface area (Å²) < 4.78 is 0. The summed E-state index contributed by atoms with van der Waals surface area (Å²) in [4.78, 5) is 12.7. The Bertz CT molecular complexity index is 2060. The predicted octanol–water partition coefficient (Wildman–Crippen LogP) is 10.2. The summed E-state index contributed by atoms with van der Waals surface area (Å²) in [5.41, 5.74) is 10.1. The number of anilines is 3. The summed E-state index contributed by atoms with van der Waals surface area (Å²) in [6, 6.07) is 49.4. The summed E-state index contributed by atoms with van der Waals surface area (Å²) in [5.74, 6) is 0.727. The zero-order valence-corrected chi connectivity index (χ0v) is 23.6. The lowest BCUT2D eigenvalue weighted by Crippen LogP contribution is -2.30. The number of aromatic nitrogens is 2. The van der Waals surface area contributed by atoms with E-state index < -0.39 is 0 Å². The summed E-state index contributed by atoms with van der Waals surface area (Å²) in [6.07, 6.45) is 0. The van der Waals surface area contributed by atoms with Crippen LogP contribution >= 0.6 is 0 Å². The van der Waals surface area contributed by atoms with Crippen molar-refractivity contribution in [3.63, 3.8) is 0 Å². The third-order valence-corrected chi connectivity index (χ3v) is 8.66. The van der Waals surface area contributed by atoms with Crippen LogP contribution in [0.1, 0.15) is 25.0 Å². The lowest BCUT2D eigenvalue weighted by Gasteiger charge is -2.42. The Morgan fingerprint density at radius 2 is 1.12 bits per heavy atom. The largest absolute Gasteiger partial charge is 0.310 e. The molecule has 3 heteroatoms. The van der Waals surface area contributed by atoms with Crippen LogP contribution in [0.3, 0.4) is 0 Å². The molecular formula is C39H29N3. The van der Waals surface area contributed by atoms with Crippen molar-refractivity contribution < 1.29 is 0 Å². The zero-order valence-electron chi connectivity index (χ0n) is 23.6. The Morgan fingerprint density at radius 1 is 0.500 bits per heavy atom. The molecular weight excluding hydrogens is 510 g/mol. The molecule has 1 aliphatic rings. The van der Waals surface area contributed by atoms with E-state index in [2.05, 4.69) is 152 Å². The maximum absolute atomic E-state index is 5.17. The van der Waals surface area contributed by atoms with E-state index in [1.165, 1.54) is 27.9 Å². The van der Waals surface area contributed by atoms with E-state index in [4.69, 9.17) is 9.97 Å². The van der Waals surface area contributed by atoms with Gasteiger partial charge in [0.15, 0.2) is 5.82 Å². The van der Waals surface area contributed by atoms with Crippen LogP contribution in [-0.2, 0) is 5.41 Å². The van der Waals surface area contributed by atoms with Gasteiger partial charge < -0.3 is 4.90 Å². The number of fused-ring (bicyclic) bond motifs is 5. The molecule has 0 amide bonds. The monoisotopic (exact) mass is 539 g/mol. The molecule has 6 aromatic carbocycles. The molecule has 0 saturated carbocycles. The first-order chi connectivity index (χ1) is 20.6. The van der Waals surface area contributed by atoms with Crippen molar-refractivity contribution in [1.29, 1.82) is 0 Å². The molecule has 200 valence electrons. The normalized spacial score (nSPS) is 13.6. The van der Waals surface area contributed by atoms with Gasteiger partial charge in [-0.1, -0.05) is 111 Å². The maximum atomic E-state index is 5.17. The number of rotatable bonds is 3. The Kier molecular flexibility index (Phi) is 5.48. The van der Waals surface area contributed by atoms with E-state index in [9.17, 15) is 0 Å². The van der Waals surface area contributed by atoms with E-state index >= 15 is 0 Å². The van der Waals surface area contributed by atoms with Crippen molar-refractivity contribution in [2.45, 2.75) is 19.3 Å². The Hall–Kier alpha value is -5.28. The SMILES string of the molecule is CC1(C)c2ccccc2N(c2ccc(-c3nc(-c4ccccc4)c4ccc5ccccc5c4n3)cc2)c2ccccc21. The lowest BCUT2D eigenvalue weighted by atomic mass is 9.73. The second-order valence-corrected chi connectivity index (χ2v) is 11.5. The van der Waals surface area contributed by atoms with Gasteiger partial charge in [-0.25, -0.2) is 9.97 Å². The van der Waals surface area contributed by atoms with Gasteiger partial charge in [-0.3, -0.25) is 0 Å². The third kappa shape index (κ3) is 3.74. The summed E-state index contributed by atoms with van der Waals surface area (Å²) >= 11 is 0. The highest BCUT2D eigenvalue weighted by molar-refractivity contribution is 6.09. The van der Waals surface area contributed by atoms with Crippen LogP contribution < -0.4 is 4.90 Å². The molecule has 0 aliphatic carbocycles. The molecule has 0 radical (unpaired) electrons. The summed E-state index contributed by atoms with van der Waals surface area (Å²) in [5, 5.41) is 3.37. The molecule has 0 unspecified atom stereocenters. The first-order valence-electron chi connectivity index (χ1n) is 14.4. The molecule has 0 atom stereocenters. The van der Waals surface area contributed by atoms with Gasteiger partial charge in [0, 0.05) is 33.0 Å². The Balaban J connectivity index is 1.29. The van der Waals surface area contributed by atoms with Crippen LogP contribution in [0.15, 0.2) is 140 Å². The van der Waals surface area contributed by atoms with Gasteiger partial charge in [-0.15, -0.1) is 0 Å². The maximum Gasteiger partial charge on any atom is 0.160 e. The smallest absolute Gasteiger partial charge is 0.160 e. The molecule has 0 bridgehead atoms. The van der Waals surface area contributed by atoms with Crippen molar-refractivity contribution in [2.75, 3.05) is 4.90 Å². The minimum Gasteiger partial charge on any atom is -0.310 e. The van der Waals surface area contributed by atoms with E-state index in [1.54, 1.807) is 0 Å². The number of hydrogen-bond donors (Lipinski definition) is 0. The van der Waals surface area contributed by atoms with Gasteiger partial charge in [-0.2, -0.15) is 0 Å². The summed E-state index contributed by atoms with van der Waals surface area (Å²) in [6.45, 7) is 4.63. The fourth-order valence-corrected chi connectivity index (χ4v) is 6.52. The molecule has 0 N–H and O–H groups in total. The van der Waals surface area contributed by atoms with Gasteiger partial charge in [0.2, 0.25) is 0 Å². The van der Waals surface area contributed by atoms with Crippen LogP contribution in [0.5, 0.6) is 0 Å². The fraction of sp³-hybridized carbons (Fsp3) is 0.0769. The first kappa shape index (κ1) is 24.5. The molecule has 0 spiro atoms. The fourth-order valence-electron chi connectivity index (χ4n) is 6.52. The van der Waals surface area contributed by atoms with Crippen molar-refractivity contribution in [2.24, 2.45) is 0 Å². The highest BCUT2D eigenvalue weighted by atomic mass is 15.2. The van der Waals surface area contributed by atoms with Crippen molar-refractivity contribution in [3.8, 4) is 22.6 Å². The van der Waals surface area contributed by atoms with E-state index in [0.717, 1.165) is 44.6 Å². The third-order valence-electron chi connectivity index (χ3n) is 8.66. The molecule has 7 aromatic rings. The molecule has 0 saturated heterocycles. The van der Waals surface area contributed by atoms with Crippen LogP contribution in [0.25, 0.3) is 44.3 Å². The van der Waals surface area contributed by atoms with E-state index in [1.807, 2.05) is 6.07 Å². The van der Waals surface area contributed by atoms with E-state index in [-0.39, 0.29) is 5.41 Å². The second kappa shape index (κ2) is 9.39. The lowest BCUT2D eigenvalue weighted by molar-refractivity contribution is 0.632. The second-order valence-electron chi connectivity index (χ2n) is 11.5. The average molecular weight is 540 g/mol. The number of hydrogen-bond acceptors (Lipinski definition) is 3. The van der Waals surface area contributed by atoms with Crippen molar-refractivity contribution in [1.82, 2.24) is 9.97 Å². The molecule has 2 heterocycles.